The molecule has 0 heterocycles. The average Bonchev–Trinajstić information content (AvgIpc) is 2.44. The number of hydrogen-bond donors (Lipinski definition) is 2. The Morgan fingerprint density at radius 2 is 1.95 bits per heavy atom. The van der Waals surface area contributed by atoms with Crippen LogP contribution in [0.4, 0.5) is 0 Å². The summed E-state index contributed by atoms with van der Waals surface area (Å²) < 4.78 is 5.11. The van der Waals surface area contributed by atoms with Gasteiger partial charge in [0.15, 0.2) is 0 Å². The molecule has 2 atom stereocenters. The summed E-state index contributed by atoms with van der Waals surface area (Å²) in [6, 6.07) is 7.73. The Morgan fingerprint density at radius 3 is 2.47 bits per heavy atom. The molecule has 0 aliphatic rings. The Kier molecular flexibility index (Phi) is 6.36. The lowest BCUT2D eigenvalue weighted by Crippen LogP contribution is -2.31. The third kappa shape index (κ3) is 4.91. The van der Waals surface area contributed by atoms with Crippen LogP contribution in [0.15, 0.2) is 24.3 Å². The Balaban J connectivity index is 2.53. The lowest BCUT2D eigenvalue weighted by Gasteiger charge is -2.18. The van der Waals surface area contributed by atoms with Gasteiger partial charge in [-0.25, -0.2) is 0 Å². The van der Waals surface area contributed by atoms with Crippen molar-refractivity contribution in [2.45, 2.75) is 32.7 Å². The van der Waals surface area contributed by atoms with Crippen molar-refractivity contribution in [2.75, 3.05) is 13.7 Å². The summed E-state index contributed by atoms with van der Waals surface area (Å²) in [5, 5.41) is 3.02. The molecular weight excluding hydrogens is 240 g/mol. The van der Waals surface area contributed by atoms with Gasteiger partial charge in [-0.15, -0.1) is 0 Å². The van der Waals surface area contributed by atoms with Crippen LogP contribution in [0.5, 0.6) is 5.75 Å². The van der Waals surface area contributed by atoms with E-state index in [2.05, 4.69) is 5.32 Å². The minimum Gasteiger partial charge on any atom is -0.497 e. The number of carbonyl (C=O) groups excluding carboxylic acids is 1. The highest BCUT2D eigenvalue weighted by Crippen LogP contribution is 2.18. The number of carbonyl (C=O) groups is 1. The lowest BCUT2D eigenvalue weighted by molar-refractivity contribution is -0.125. The first-order valence-corrected chi connectivity index (χ1v) is 6.73. The third-order valence-electron chi connectivity index (χ3n) is 3.26. The predicted octanol–water partition coefficient (Wildman–Crippen LogP) is 2.25. The molecule has 1 aromatic rings. The molecule has 0 aliphatic heterocycles. The van der Waals surface area contributed by atoms with E-state index in [1.807, 2.05) is 38.1 Å². The zero-order valence-corrected chi connectivity index (χ0v) is 12.0. The molecule has 106 valence electrons. The Morgan fingerprint density at radius 1 is 1.32 bits per heavy atom. The summed E-state index contributed by atoms with van der Waals surface area (Å²) in [6.45, 7) is 4.55. The van der Waals surface area contributed by atoms with Gasteiger partial charge in [-0.3, -0.25) is 4.79 Å². The minimum atomic E-state index is -0.00117. The Labute approximate surface area is 115 Å². The molecule has 1 unspecified atom stereocenters. The van der Waals surface area contributed by atoms with Crippen LogP contribution in [0, 0.1) is 5.92 Å². The molecule has 1 amide bonds. The second-order valence-electron chi connectivity index (χ2n) is 4.84. The fourth-order valence-electron chi connectivity index (χ4n) is 1.89. The van der Waals surface area contributed by atoms with E-state index in [9.17, 15) is 4.79 Å². The van der Waals surface area contributed by atoms with Crippen molar-refractivity contribution in [2.24, 2.45) is 11.7 Å². The van der Waals surface area contributed by atoms with Crippen LogP contribution in [0.1, 0.15) is 38.3 Å². The van der Waals surface area contributed by atoms with Crippen LogP contribution in [-0.4, -0.2) is 19.6 Å². The van der Waals surface area contributed by atoms with Crippen molar-refractivity contribution in [1.82, 2.24) is 5.32 Å². The summed E-state index contributed by atoms with van der Waals surface area (Å²) in [5.74, 6) is 0.902. The monoisotopic (exact) mass is 264 g/mol. The number of ether oxygens (including phenoxy) is 1. The van der Waals surface area contributed by atoms with Crippen LogP contribution >= 0.6 is 0 Å². The number of benzene rings is 1. The van der Waals surface area contributed by atoms with Crippen molar-refractivity contribution in [3.63, 3.8) is 0 Å². The fraction of sp³-hybridized carbons (Fsp3) is 0.533. The first-order valence-electron chi connectivity index (χ1n) is 6.73. The quantitative estimate of drug-likeness (QED) is 0.794. The second-order valence-corrected chi connectivity index (χ2v) is 4.84. The van der Waals surface area contributed by atoms with Crippen LogP contribution < -0.4 is 15.8 Å². The molecule has 0 saturated carbocycles. The smallest absolute Gasteiger partial charge is 0.223 e. The highest BCUT2D eigenvalue weighted by atomic mass is 16.5. The van der Waals surface area contributed by atoms with Gasteiger partial charge in [0.2, 0.25) is 5.91 Å². The average molecular weight is 264 g/mol. The summed E-state index contributed by atoms with van der Waals surface area (Å²) in [6.07, 6.45) is 1.71. The van der Waals surface area contributed by atoms with Gasteiger partial charge in [0.05, 0.1) is 13.2 Å². The maximum atomic E-state index is 12.0. The van der Waals surface area contributed by atoms with Crippen LogP contribution in [0.25, 0.3) is 0 Å². The summed E-state index contributed by atoms with van der Waals surface area (Å²) >= 11 is 0. The number of nitrogens with two attached hydrogens (primary N) is 1. The first kappa shape index (κ1) is 15.5. The topological polar surface area (TPSA) is 64.3 Å². The van der Waals surface area contributed by atoms with Gasteiger partial charge in [-0.05, 0) is 44.0 Å². The van der Waals surface area contributed by atoms with Crippen molar-refractivity contribution in [3.05, 3.63) is 29.8 Å². The molecule has 0 radical (unpaired) electrons. The minimum absolute atomic E-state index is 0.00117. The summed E-state index contributed by atoms with van der Waals surface area (Å²) in [4.78, 5) is 12.0. The molecule has 4 nitrogen and oxygen atoms in total. The highest BCUT2D eigenvalue weighted by Gasteiger charge is 2.15. The molecule has 0 aliphatic carbocycles. The summed E-state index contributed by atoms with van der Waals surface area (Å²) in [5.41, 5.74) is 6.52. The highest BCUT2D eigenvalue weighted by molar-refractivity contribution is 5.78. The maximum Gasteiger partial charge on any atom is 0.223 e. The van der Waals surface area contributed by atoms with E-state index in [-0.39, 0.29) is 17.9 Å². The van der Waals surface area contributed by atoms with Crippen molar-refractivity contribution < 1.29 is 9.53 Å². The molecule has 0 bridgehead atoms. The molecule has 4 heteroatoms. The van der Waals surface area contributed by atoms with E-state index in [4.69, 9.17) is 10.5 Å². The zero-order chi connectivity index (χ0) is 14.3. The van der Waals surface area contributed by atoms with Gasteiger partial charge in [0.25, 0.3) is 0 Å². The number of rotatable bonds is 7. The van der Waals surface area contributed by atoms with Gasteiger partial charge >= 0.3 is 0 Å². The van der Waals surface area contributed by atoms with Crippen molar-refractivity contribution >= 4 is 5.91 Å². The Hall–Kier alpha value is -1.55. The maximum absolute atomic E-state index is 12.0. The SMILES string of the molecule is COc1ccc([C@H](C)NC(=O)C(C)CCCN)cc1. The third-order valence-corrected chi connectivity index (χ3v) is 3.26. The van der Waals surface area contributed by atoms with Gasteiger partial charge in [-0.2, -0.15) is 0 Å². The standard InChI is InChI=1S/C15H24N2O2/c1-11(5-4-10-16)15(18)17-12(2)13-6-8-14(19-3)9-7-13/h6-9,11-12H,4-5,10,16H2,1-3H3,(H,17,18)/t11?,12-/m0/s1. The van der Waals surface area contributed by atoms with E-state index < -0.39 is 0 Å². The molecular formula is C15H24N2O2. The molecule has 1 rings (SSSR count). The van der Waals surface area contributed by atoms with Crippen LogP contribution in [0.3, 0.4) is 0 Å². The molecule has 3 N–H and O–H groups in total. The van der Waals surface area contributed by atoms with Crippen molar-refractivity contribution in [3.8, 4) is 5.75 Å². The number of nitrogens with one attached hydrogen (secondary N) is 1. The predicted molar refractivity (Wildman–Crippen MR) is 77.0 cm³/mol. The Bertz CT molecular complexity index is 390. The van der Waals surface area contributed by atoms with E-state index in [0.717, 1.165) is 24.2 Å². The molecule has 0 aromatic heterocycles. The molecule has 0 fully saturated rings. The molecule has 1 aromatic carbocycles. The van der Waals surface area contributed by atoms with E-state index in [0.29, 0.717) is 6.54 Å². The van der Waals surface area contributed by atoms with E-state index >= 15 is 0 Å². The van der Waals surface area contributed by atoms with Gasteiger partial charge in [0.1, 0.15) is 5.75 Å². The van der Waals surface area contributed by atoms with Crippen molar-refractivity contribution in [1.29, 1.82) is 0 Å². The largest absolute Gasteiger partial charge is 0.497 e. The molecule has 0 spiro atoms. The molecule has 0 saturated heterocycles. The van der Waals surface area contributed by atoms with Crippen LogP contribution in [0.2, 0.25) is 0 Å². The van der Waals surface area contributed by atoms with E-state index in [1.165, 1.54) is 0 Å². The van der Waals surface area contributed by atoms with Gasteiger partial charge in [-0.1, -0.05) is 19.1 Å². The normalized spacial score (nSPS) is 13.7. The summed E-state index contributed by atoms with van der Waals surface area (Å²) in [7, 11) is 1.64. The fourth-order valence-corrected chi connectivity index (χ4v) is 1.89. The second kappa shape index (κ2) is 7.79. The molecule has 19 heavy (non-hydrogen) atoms. The van der Waals surface area contributed by atoms with Crippen LogP contribution in [-0.2, 0) is 4.79 Å². The number of hydrogen-bond acceptors (Lipinski definition) is 3. The number of amides is 1. The number of methoxy groups -OCH3 is 1. The zero-order valence-electron chi connectivity index (χ0n) is 12.0. The van der Waals surface area contributed by atoms with E-state index in [1.54, 1.807) is 7.11 Å². The lowest BCUT2D eigenvalue weighted by atomic mass is 10.0. The first-order chi connectivity index (χ1) is 9.08. The van der Waals surface area contributed by atoms with Gasteiger partial charge < -0.3 is 15.8 Å². The van der Waals surface area contributed by atoms with Gasteiger partial charge in [0, 0.05) is 5.92 Å².